The fourth-order valence-corrected chi connectivity index (χ4v) is 1.44. The second-order valence-electron chi connectivity index (χ2n) is 2.97. The molecular weight excluding hydrogens is 150 g/mol. The van der Waals surface area contributed by atoms with Gasteiger partial charge < -0.3 is 10.6 Å². The molecular formula is C9H13N3. The fraction of sp³-hybridized carbons (Fsp3) is 0.444. The van der Waals surface area contributed by atoms with E-state index < -0.39 is 0 Å². The molecule has 1 atom stereocenters. The van der Waals surface area contributed by atoms with Crippen LogP contribution in [0.2, 0.25) is 0 Å². The van der Waals surface area contributed by atoms with E-state index in [4.69, 9.17) is 0 Å². The predicted molar refractivity (Wildman–Crippen MR) is 47.9 cm³/mol. The van der Waals surface area contributed by atoms with Gasteiger partial charge in [0.2, 0.25) is 0 Å². The number of piperazine rings is 1. The van der Waals surface area contributed by atoms with Crippen molar-refractivity contribution in [1.82, 2.24) is 15.6 Å². The Hall–Kier alpha value is -0.930. The largest absolute Gasteiger partial charge is 0.314 e. The van der Waals surface area contributed by atoms with Gasteiger partial charge >= 0.3 is 0 Å². The van der Waals surface area contributed by atoms with E-state index in [1.807, 2.05) is 18.3 Å². The van der Waals surface area contributed by atoms with Gasteiger partial charge in [0.15, 0.2) is 0 Å². The normalized spacial score (nSPS) is 23.8. The van der Waals surface area contributed by atoms with Crippen LogP contribution in [0.5, 0.6) is 0 Å². The van der Waals surface area contributed by atoms with Gasteiger partial charge in [-0.3, -0.25) is 4.98 Å². The molecule has 0 bridgehead atoms. The predicted octanol–water partition coefficient (Wildman–Crippen LogP) is 0.315. The van der Waals surface area contributed by atoms with E-state index in [2.05, 4.69) is 21.7 Å². The smallest absolute Gasteiger partial charge is 0.0622 e. The van der Waals surface area contributed by atoms with Crippen molar-refractivity contribution in [2.24, 2.45) is 0 Å². The molecule has 1 aromatic heterocycles. The number of aromatic nitrogens is 1. The van der Waals surface area contributed by atoms with Gasteiger partial charge in [-0.25, -0.2) is 0 Å². The Morgan fingerprint density at radius 3 is 3.00 bits per heavy atom. The Morgan fingerprint density at radius 1 is 1.33 bits per heavy atom. The van der Waals surface area contributed by atoms with Gasteiger partial charge in [-0.1, -0.05) is 6.07 Å². The van der Waals surface area contributed by atoms with Crippen molar-refractivity contribution in [2.75, 3.05) is 19.6 Å². The molecule has 0 aliphatic carbocycles. The van der Waals surface area contributed by atoms with Gasteiger partial charge in [0.1, 0.15) is 0 Å². The molecule has 2 heterocycles. The summed E-state index contributed by atoms with van der Waals surface area (Å²) in [6, 6.07) is 6.42. The first kappa shape index (κ1) is 7.71. The van der Waals surface area contributed by atoms with Crippen LogP contribution >= 0.6 is 0 Å². The lowest BCUT2D eigenvalue weighted by Crippen LogP contribution is -2.42. The maximum atomic E-state index is 4.30. The van der Waals surface area contributed by atoms with Crippen molar-refractivity contribution in [1.29, 1.82) is 0 Å². The lowest BCUT2D eigenvalue weighted by Gasteiger charge is -2.23. The molecule has 64 valence electrons. The van der Waals surface area contributed by atoms with Crippen molar-refractivity contribution < 1.29 is 0 Å². The van der Waals surface area contributed by atoms with Gasteiger partial charge in [0.25, 0.3) is 0 Å². The number of hydrogen-bond acceptors (Lipinski definition) is 3. The summed E-state index contributed by atoms with van der Waals surface area (Å²) in [5, 5.41) is 6.74. The monoisotopic (exact) mass is 163 g/mol. The molecule has 3 heteroatoms. The first-order valence-electron chi connectivity index (χ1n) is 4.32. The van der Waals surface area contributed by atoms with Crippen LogP contribution in [-0.4, -0.2) is 24.6 Å². The molecule has 12 heavy (non-hydrogen) atoms. The maximum Gasteiger partial charge on any atom is 0.0622 e. The second-order valence-corrected chi connectivity index (χ2v) is 2.97. The van der Waals surface area contributed by atoms with Crippen LogP contribution in [-0.2, 0) is 0 Å². The third kappa shape index (κ3) is 1.62. The topological polar surface area (TPSA) is 37.0 Å². The van der Waals surface area contributed by atoms with E-state index in [1.54, 1.807) is 0 Å². The molecule has 1 saturated heterocycles. The Labute approximate surface area is 72.2 Å². The van der Waals surface area contributed by atoms with Crippen molar-refractivity contribution in [3.8, 4) is 0 Å². The molecule has 0 spiro atoms. The molecule has 0 unspecified atom stereocenters. The van der Waals surface area contributed by atoms with E-state index in [1.165, 1.54) is 0 Å². The zero-order valence-electron chi connectivity index (χ0n) is 6.96. The molecule has 0 aromatic carbocycles. The van der Waals surface area contributed by atoms with Crippen LogP contribution in [0.15, 0.2) is 24.4 Å². The zero-order valence-corrected chi connectivity index (χ0v) is 6.96. The minimum atomic E-state index is 0.389. The maximum absolute atomic E-state index is 4.30. The highest BCUT2D eigenvalue weighted by Crippen LogP contribution is 2.08. The number of pyridine rings is 1. The van der Waals surface area contributed by atoms with Gasteiger partial charge in [-0.05, 0) is 12.1 Å². The molecule has 0 amide bonds. The number of hydrogen-bond donors (Lipinski definition) is 2. The van der Waals surface area contributed by atoms with Crippen molar-refractivity contribution in [3.05, 3.63) is 30.1 Å². The minimum absolute atomic E-state index is 0.389. The lowest BCUT2D eigenvalue weighted by molar-refractivity contribution is 0.423. The number of nitrogens with zero attached hydrogens (tertiary/aromatic N) is 1. The molecule has 0 radical (unpaired) electrons. The third-order valence-corrected chi connectivity index (χ3v) is 2.09. The fourth-order valence-electron chi connectivity index (χ4n) is 1.44. The van der Waals surface area contributed by atoms with Crippen LogP contribution < -0.4 is 10.6 Å². The van der Waals surface area contributed by atoms with Crippen LogP contribution in [0.1, 0.15) is 11.7 Å². The Balaban J connectivity index is 2.08. The SMILES string of the molecule is c1ccc([C@@H]2CNCCN2)nc1. The standard InChI is InChI=1S/C9H13N3/c1-2-4-11-8(3-1)9-7-10-5-6-12-9/h1-4,9-10,12H,5-7H2/t9-/m0/s1. The highest BCUT2D eigenvalue weighted by molar-refractivity contribution is 5.09. The van der Waals surface area contributed by atoms with Crippen LogP contribution in [0.3, 0.4) is 0 Å². The van der Waals surface area contributed by atoms with Gasteiger partial charge in [-0.15, -0.1) is 0 Å². The van der Waals surface area contributed by atoms with E-state index in [-0.39, 0.29) is 0 Å². The molecule has 1 aromatic rings. The summed E-state index contributed by atoms with van der Waals surface area (Å²) in [5.41, 5.74) is 1.13. The molecule has 3 nitrogen and oxygen atoms in total. The summed E-state index contributed by atoms with van der Waals surface area (Å²) >= 11 is 0. The molecule has 0 saturated carbocycles. The van der Waals surface area contributed by atoms with Gasteiger partial charge in [-0.2, -0.15) is 0 Å². The van der Waals surface area contributed by atoms with Gasteiger partial charge in [0.05, 0.1) is 11.7 Å². The summed E-state index contributed by atoms with van der Waals surface area (Å²) in [7, 11) is 0. The second kappa shape index (κ2) is 3.65. The number of rotatable bonds is 1. The molecule has 1 aliphatic rings. The summed E-state index contributed by atoms with van der Waals surface area (Å²) in [6.07, 6.45) is 1.84. The Kier molecular flexibility index (Phi) is 2.34. The van der Waals surface area contributed by atoms with Crippen LogP contribution in [0.4, 0.5) is 0 Å². The molecule has 2 rings (SSSR count). The minimum Gasteiger partial charge on any atom is -0.314 e. The summed E-state index contributed by atoms with van der Waals surface area (Å²) in [4.78, 5) is 4.30. The van der Waals surface area contributed by atoms with E-state index >= 15 is 0 Å². The third-order valence-electron chi connectivity index (χ3n) is 2.09. The van der Waals surface area contributed by atoms with E-state index in [0.717, 1.165) is 25.3 Å². The summed E-state index contributed by atoms with van der Waals surface area (Å²) < 4.78 is 0. The average molecular weight is 163 g/mol. The van der Waals surface area contributed by atoms with E-state index in [0.29, 0.717) is 6.04 Å². The van der Waals surface area contributed by atoms with Crippen LogP contribution in [0, 0.1) is 0 Å². The number of nitrogens with one attached hydrogen (secondary N) is 2. The molecule has 1 fully saturated rings. The highest BCUT2D eigenvalue weighted by Gasteiger charge is 2.13. The molecule has 2 N–H and O–H groups in total. The van der Waals surface area contributed by atoms with Crippen molar-refractivity contribution >= 4 is 0 Å². The Bertz CT molecular complexity index is 229. The van der Waals surface area contributed by atoms with E-state index in [9.17, 15) is 0 Å². The summed E-state index contributed by atoms with van der Waals surface area (Å²) in [6.45, 7) is 3.07. The lowest BCUT2D eigenvalue weighted by atomic mass is 10.1. The molecule has 1 aliphatic heterocycles. The first-order chi connectivity index (χ1) is 5.97. The van der Waals surface area contributed by atoms with Crippen molar-refractivity contribution in [2.45, 2.75) is 6.04 Å². The zero-order chi connectivity index (χ0) is 8.23. The highest BCUT2D eigenvalue weighted by atomic mass is 15.1. The van der Waals surface area contributed by atoms with Crippen molar-refractivity contribution in [3.63, 3.8) is 0 Å². The quantitative estimate of drug-likeness (QED) is 0.626. The summed E-state index contributed by atoms with van der Waals surface area (Å²) in [5.74, 6) is 0. The first-order valence-corrected chi connectivity index (χ1v) is 4.32. The van der Waals surface area contributed by atoms with Crippen LogP contribution in [0.25, 0.3) is 0 Å². The van der Waals surface area contributed by atoms with Gasteiger partial charge in [0, 0.05) is 25.8 Å². The average Bonchev–Trinajstić information content (AvgIpc) is 2.21. The Morgan fingerprint density at radius 2 is 2.33 bits per heavy atom.